The summed E-state index contributed by atoms with van der Waals surface area (Å²) < 4.78 is 5.20. The van der Waals surface area contributed by atoms with E-state index < -0.39 is 6.04 Å². The Morgan fingerprint density at radius 3 is 2.00 bits per heavy atom. The van der Waals surface area contributed by atoms with Crippen molar-refractivity contribution >= 4 is 30.1 Å². The van der Waals surface area contributed by atoms with Gasteiger partial charge in [0.15, 0.2) is 0 Å². The average molecular weight is 354 g/mol. The van der Waals surface area contributed by atoms with Gasteiger partial charge in [-0.05, 0) is 24.9 Å². The Kier molecular flexibility index (Phi) is 21.1. The summed E-state index contributed by atoms with van der Waals surface area (Å²) >= 11 is 1.71. The Labute approximate surface area is 147 Å². The van der Waals surface area contributed by atoms with Crippen LogP contribution in [-0.4, -0.2) is 30.6 Å². The SMILES string of the molecule is CCCCCCCCCCCCOC(=O)[C@@H](N)CCSC.Cl. The molecule has 1 atom stereocenters. The van der Waals surface area contributed by atoms with Crippen molar-refractivity contribution in [3.05, 3.63) is 0 Å². The van der Waals surface area contributed by atoms with Crippen LogP contribution in [0.3, 0.4) is 0 Å². The van der Waals surface area contributed by atoms with Gasteiger partial charge in [-0.15, -0.1) is 12.4 Å². The number of ether oxygens (including phenoxy) is 1. The molecule has 0 aromatic carbocycles. The van der Waals surface area contributed by atoms with E-state index in [1.54, 1.807) is 11.8 Å². The summed E-state index contributed by atoms with van der Waals surface area (Å²) in [6.07, 6.45) is 15.6. The standard InChI is InChI=1S/C17H35NO2S.ClH/c1-3-4-5-6-7-8-9-10-11-12-14-20-17(19)16(18)13-15-21-2;/h16H,3-15,18H2,1-2H3;1H/t16-;/m0./s1. The van der Waals surface area contributed by atoms with E-state index in [0.29, 0.717) is 13.0 Å². The van der Waals surface area contributed by atoms with Crippen molar-refractivity contribution in [2.24, 2.45) is 5.73 Å². The maximum absolute atomic E-state index is 11.6. The summed E-state index contributed by atoms with van der Waals surface area (Å²) in [5.74, 6) is 0.675. The summed E-state index contributed by atoms with van der Waals surface area (Å²) in [5.41, 5.74) is 5.75. The van der Waals surface area contributed by atoms with Crippen LogP contribution < -0.4 is 5.73 Å². The fourth-order valence-corrected chi connectivity index (χ4v) is 2.72. The maximum atomic E-state index is 11.6. The van der Waals surface area contributed by atoms with Crippen LogP contribution in [0.2, 0.25) is 0 Å². The van der Waals surface area contributed by atoms with Gasteiger partial charge in [0, 0.05) is 0 Å². The topological polar surface area (TPSA) is 52.3 Å². The zero-order valence-corrected chi connectivity index (χ0v) is 16.1. The highest BCUT2D eigenvalue weighted by molar-refractivity contribution is 7.98. The van der Waals surface area contributed by atoms with Crippen molar-refractivity contribution < 1.29 is 9.53 Å². The third kappa shape index (κ3) is 16.4. The van der Waals surface area contributed by atoms with Gasteiger partial charge in [-0.1, -0.05) is 64.7 Å². The molecule has 0 aliphatic carbocycles. The second-order valence-corrected chi connectivity index (χ2v) is 6.72. The lowest BCUT2D eigenvalue weighted by Gasteiger charge is -2.10. The van der Waals surface area contributed by atoms with Gasteiger partial charge >= 0.3 is 5.97 Å². The van der Waals surface area contributed by atoms with Gasteiger partial charge in [0.05, 0.1) is 6.61 Å². The summed E-state index contributed by atoms with van der Waals surface area (Å²) in [7, 11) is 0. The summed E-state index contributed by atoms with van der Waals surface area (Å²) in [5, 5.41) is 0. The Hall–Kier alpha value is 0.0700. The van der Waals surface area contributed by atoms with Gasteiger partial charge in [0.25, 0.3) is 0 Å². The quantitative estimate of drug-likeness (QED) is 0.334. The molecule has 0 unspecified atom stereocenters. The molecular formula is C17H36ClNO2S. The lowest BCUT2D eigenvalue weighted by Crippen LogP contribution is -2.33. The van der Waals surface area contributed by atoms with Gasteiger partial charge in [-0.3, -0.25) is 4.79 Å². The summed E-state index contributed by atoms with van der Waals surface area (Å²) in [6, 6.07) is -0.444. The molecule has 0 aliphatic rings. The molecule has 2 N–H and O–H groups in total. The first-order valence-corrected chi connectivity index (χ1v) is 10.0. The Morgan fingerprint density at radius 1 is 1.00 bits per heavy atom. The molecule has 0 aliphatic heterocycles. The number of halogens is 1. The molecule has 0 spiro atoms. The zero-order chi connectivity index (χ0) is 15.8. The van der Waals surface area contributed by atoms with Crippen molar-refractivity contribution in [2.45, 2.75) is 83.6 Å². The van der Waals surface area contributed by atoms with Crippen LogP contribution in [0, 0.1) is 0 Å². The van der Waals surface area contributed by atoms with Crippen LogP contribution in [-0.2, 0) is 9.53 Å². The third-order valence-corrected chi connectivity index (χ3v) is 4.32. The van der Waals surface area contributed by atoms with Gasteiger partial charge < -0.3 is 10.5 Å². The molecule has 22 heavy (non-hydrogen) atoms. The van der Waals surface area contributed by atoms with E-state index in [4.69, 9.17) is 10.5 Å². The van der Waals surface area contributed by atoms with Gasteiger partial charge in [-0.25, -0.2) is 0 Å². The molecular weight excluding hydrogens is 318 g/mol. The molecule has 3 nitrogen and oxygen atoms in total. The molecule has 5 heteroatoms. The minimum absolute atomic E-state index is 0. The molecule has 0 aromatic heterocycles. The van der Waals surface area contributed by atoms with Crippen LogP contribution >= 0.6 is 24.2 Å². The number of nitrogens with two attached hydrogens (primary N) is 1. The first-order valence-electron chi connectivity index (χ1n) is 8.63. The second kappa shape index (κ2) is 19.1. The lowest BCUT2D eigenvalue weighted by atomic mass is 10.1. The van der Waals surface area contributed by atoms with Crippen molar-refractivity contribution in [3.63, 3.8) is 0 Å². The Balaban J connectivity index is 0. The summed E-state index contributed by atoms with van der Waals surface area (Å²) in [4.78, 5) is 11.6. The van der Waals surface area contributed by atoms with Crippen LogP contribution in [0.5, 0.6) is 0 Å². The summed E-state index contributed by atoms with van der Waals surface area (Å²) in [6.45, 7) is 2.78. The van der Waals surface area contributed by atoms with Gasteiger partial charge in [0.2, 0.25) is 0 Å². The molecule has 0 fully saturated rings. The van der Waals surface area contributed by atoms with Crippen LogP contribution in [0.4, 0.5) is 0 Å². The number of carbonyl (C=O) groups excluding carboxylic acids is 1. The molecule has 0 rings (SSSR count). The minimum atomic E-state index is -0.444. The Morgan fingerprint density at radius 2 is 1.50 bits per heavy atom. The fourth-order valence-electron chi connectivity index (χ4n) is 2.23. The molecule has 0 heterocycles. The number of carbonyl (C=O) groups is 1. The highest BCUT2D eigenvalue weighted by Crippen LogP contribution is 2.10. The van der Waals surface area contributed by atoms with E-state index >= 15 is 0 Å². The number of hydrogen-bond donors (Lipinski definition) is 1. The van der Waals surface area contributed by atoms with Crippen LogP contribution in [0.1, 0.15) is 77.6 Å². The number of unbranched alkanes of at least 4 members (excludes halogenated alkanes) is 9. The fraction of sp³-hybridized carbons (Fsp3) is 0.941. The van der Waals surface area contributed by atoms with E-state index in [0.717, 1.165) is 18.6 Å². The van der Waals surface area contributed by atoms with E-state index in [2.05, 4.69) is 6.92 Å². The first kappa shape index (κ1) is 24.3. The van der Waals surface area contributed by atoms with E-state index in [1.165, 1.54) is 51.4 Å². The van der Waals surface area contributed by atoms with Crippen molar-refractivity contribution in [3.8, 4) is 0 Å². The third-order valence-electron chi connectivity index (χ3n) is 3.68. The van der Waals surface area contributed by atoms with Crippen molar-refractivity contribution in [1.82, 2.24) is 0 Å². The highest BCUT2D eigenvalue weighted by Gasteiger charge is 2.13. The minimum Gasteiger partial charge on any atom is -0.465 e. The highest BCUT2D eigenvalue weighted by atomic mass is 35.5. The maximum Gasteiger partial charge on any atom is 0.322 e. The predicted molar refractivity (Wildman–Crippen MR) is 101 cm³/mol. The largest absolute Gasteiger partial charge is 0.465 e. The van der Waals surface area contributed by atoms with E-state index in [1.807, 2.05) is 6.26 Å². The van der Waals surface area contributed by atoms with Crippen LogP contribution in [0.25, 0.3) is 0 Å². The van der Waals surface area contributed by atoms with E-state index in [-0.39, 0.29) is 18.4 Å². The average Bonchev–Trinajstić information content (AvgIpc) is 2.49. The monoisotopic (exact) mass is 353 g/mol. The predicted octanol–water partition coefficient (Wildman–Crippen LogP) is 4.95. The molecule has 0 saturated carbocycles. The van der Waals surface area contributed by atoms with Crippen molar-refractivity contribution in [1.29, 1.82) is 0 Å². The van der Waals surface area contributed by atoms with Gasteiger partial charge in [0.1, 0.15) is 6.04 Å². The number of rotatable bonds is 15. The molecule has 0 radical (unpaired) electrons. The Bertz CT molecular complexity index is 243. The van der Waals surface area contributed by atoms with Gasteiger partial charge in [-0.2, -0.15) is 11.8 Å². The number of esters is 1. The molecule has 0 bridgehead atoms. The zero-order valence-electron chi connectivity index (χ0n) is 14.5. The number of thioether (sulfide) groups is 1. The molecule has 0 amide bonds. The molecule has 0 saturated heterocycles. The molecule has 134 valence electrons. The second-order valence-electron chi connectivity index (χ2n) is 5.74. The van der Waals surface area contributed by atoms with E-state index in [9.17, 15) is 4.79 Å². The number of hydrogen-bond acceptors (Lipinski definition) is 4. The first-order chi connectivity index (χ1) is 10.2. The smallest absolute Gasteiger partial charge is 0.322 e. The van der Waals surface area contributed by atoms with Crippen molar-refractivity contribution in [2.75, 3.05) is 18.6 Å². The van der Waals surface area contributed by atoms with Crippen LogP contribution in [0.15, 0.2) is 0 Å². The normalized spacial score (nSPS) is 11.8. The lowest BCUT2D eigenvalue weighted by molar-refractivity contribution is -0.145. The molecule has 0 aromatic rings.